The van der Waals surface area contributed by atoms with E-state index in [4.69, 9.17) is 10.00 Å². The number of hydrogen-bond acceptors (Lipinski definition) is 3. The standard InChI is InChI=1S/C12H11NO2.H2O/c1-2-15-12(14)11(9-13)8-10-6-4-3-5-7-10;/h3-8H,2H2,1H3;1H2/b11-8+;. The number of esters is 1. The van der Waals surface area contributed by atoms with Crippen molar-refractivity contribution < 1.29 is 15.0 Å². The Hall–Kier alpha value is -2.12. The molecule has 0 aliphatic heterocycles. The zero-order chi connectivity index (χ0) is 11.1. The summed E-state index contributed by atoms with van der Waals surface area (Å²) in [4.78, 5) is 11.3. The van der Waals surface area contributed by atoms with Gasteiger partial charge in [0.1, 0.15) is 11.6 Å². The van der Waals surface area contributed by atoms with Gasteiger partial charge in [0, 0.05) is 0 Å². The van der Waals surface area contributed by atoms with Crippen LogP contribution in [0.2, 0.25) is 0 Å². The van der Waals surface area contributed by atoms with Gasteiger partial charge in [-0.15, -0.1) is 0 Å². The fourth-order valence-corrected chi connectivity index (χ4v) is 1.06. The molecule has 16 heavy (non-hydrogen) atoms. The van der Waals surface area contributed by atoms with Gasteiger partial charge in [0.25, 0.3) is 0 Å². The van der Waals surface area contributed by atoms with Crippen LogP contribution in [-0.2, 0) is 9.53 Å². The lowest BCUT2D eigenvalue weighted by Crippen LogP contribution is -2.05. The van der Waals surface area contributed by atoms with Crippen LogP contribution in [-0.4, -0.2) is 18.1 Å². The van der Waals surface area contributed by atoms with E-state index in [0.29, 0.717) is 0 Å². The van der Waals surface area contributed by atoms with Crippen LogP contribution in [0.3, 0.4) is 0 Å². The Morgan fingerprint density at radius 2 is 2.06 bits per heavy atom. The van der Waals surface area contributed by atoms with Gasteiger partial charge in [-0.1, -0.05) is 30.3 Å². The molecule has 0 aromatic heterocycles. The van der Waals surface area contributed by atoms with Crippen molar-refractivity contribution in [1.82, 2.24) is 0 Å². The summed E-state index contributed by atoms with van der Waals surface area (Å²) in [7, 11) is 0. The number of nitrogens with zero attached hydrogens (tertiary/aromatic N) is 1. The van der Waals surface area contributed by atoms with E-state index in [-0.39, 0.29) is 17.7 Å². The Labute approximate surface area is 94.1 Å². The van der Waals surface area contributed by atoms with E-state index in [2.05, 4.69) is 0 Å². The fourth-order valence-electron chi connectivity index (χ4n) is 1.06. The SMILES string of the molecule is CCOC(=O)/C(C#N)=C/c1ccccc1.O. The van der Waals surface area contributed by atoms with Crippen LogP contribution in [0.5, 0.6) is 0 Å². The predicted molar refractivity (Wildman–Crippen MR) is 60.3 cm³/mol. The van der Waals surface area contributed by atoms with Crippen molar-refractivity contribution in [3.8, 4) is 6.07 Å². The number of carbonyl (C=O) groups is 1. The number of nitriles is 1. The topological polar surface area (TPSA) is 81.6 Å². The van der Waals surface area contributed by atoms with Gasteiger partial charge < -0.3 is 10.2 Å². The van der Waals surface area contributed by atoms with Crippen molar-refractivity contribution in [3.05, 3.63) is 41.5 Å². The molecular formula is C12H13NO3. The first-order valence-electron chi connectivity index (χ1n) is 4.62. The average Bonchev–Trinajstić information content (AvgIpc) is 2.27. The van der Waals surface area contributed by atoms with Gasteiger partial charge >= 0.3 is 5.97 Å². The highest BCUT2D eigenvalue weighted by Crippen LogP contribution is 2.07. The third-order valence-corrected chi connectivity index (χ3v) is 1.73. The highest BCUT2D eigenvalue weighted by Gasteiger charge is 2.08. The Bertz CT molecular complexity index is 404. The molecule has 0 amide bonds. The Balaban J connectivity index is 0.00000225. The number of hydrogen-bond donors (Lipinski definition) is 0. The fraction of sp³-hybridized carbons (Fsp3) is 0.167. The minimum atomic E-state index is -0.580. The van der Waals surface area contributed by atoms with E-state index in [1.54, 1.807) is 6.92 Å². The first-order valence-corrected chi connectivity index (χ1v) is 4.62. The zero-order valence-electron chi connectivity index (χ0n) is 8.93. The third-order valence-electron chi connectivity index (χ3n) is 1.73. The summed E-state index contributed by atoms with van der Waals surface area (Å²) in [6, 6.07) is 11.0. The molecule has 1 aromatic carbocycles. The Morgan fingerprint density at radius 1 is 1.44 bits per heavy atom. The Morgan fingerprint density at radius 3 is 2.56 bits per heavy atom. The summed E-state index contributed by atoms with van der Waals surface area (Å²) in [6.07, 6.45) is 1.51. The summed E-state index contributed by atoms with van der Waals surface area (Å²) in [5, 5.41) is 8.77. The highest BCUT2D eigenvalue weighted by molar-refractivity contribution is 5.97. The van der Waals surface area contributed by atoms with E-state index in [1.165, 1.54) is 6.08 Å². The molecule has 4 heteroatoms. The van der Waals surface area contributed by atoms with Gasteiger partial charge in [0.15, 0.2) is 0 Å². The van der Waals surface area contributed by atoms with Crippen LogP contribution in [0.15, 0.2) is 35.9 Å². The molecule has 0 unspecified atom stereocenters. The molecule has 84 valence electrons. The zero-order valence-corrected chi connectivity index (χ0v) is 8.93. The lowest BCUT2D eigenvalue weighted by atomic mass is 10.1. The van der Waals surface area contributed by atoms with Crippen LogP contribution in [0.4, 0.5) is 0 Å². The molecule has 0 fully saturated rings. The molecule has 0 atom stereocenters. The summed E-state index contributed by atoms with van der Waals surface area (Å²) >= 11 is 0. The van der Waals surface area contributed by atoms with Gasteiger partial charge in [-0.2, -0.15) is 5.26 Å². The summed E-state index contributed by atoms with van der Waals surface area (Å²) in [6.45, 7) is 1.97. The summed E-state index contributed by atoms with van der Waals surface area (Å²) in [5.74, 6) is -0.580. The maximum atomic E-state index is 11.3. The minimum absolute atomic E-state index is 0. The monoisotopic (exact) mass is 219 g/mol. The first kappa shape index (κ1) is 13.9. The van der Waals surface area contributed by atoms with Gasteiger partial charge in [-0.3, -0.25) is 0 Å². The van der Waals surface area contributed by atoms with E-state index in [0.717, 1.165) is 5.56 Å². The van der Waals surface area contributed by atoms with Crippen molar-refractivity contribution in [2.75, 3.05) is 6.61 Å². The van der Waals surface area contributed by atoms with Crippen molar-refractivity contribution >= 4 is 12.0 Å². The smallest absolute Gasteiger partial charge is 0.348 e. The quantitative estimate of drug-likeness (QED) is 0.437. The molecule has 0 saturated heterocycles. The number of ether oxygens (including phenoxy) is 1. The maximum Gasteiger partial charge on any atom is 0.348 e. The molecule has 0 bridgehead atoms. The normalized spacial score (nSPS) is 9.88. The van der Waals surface area contributed by atoms with Crippen LogP contribution in [0.25, 0.3) is 6.08 Å². The van der Waals surface area contributed by atoms with Crippen LogP contribution < -0.4 is 0 Å². The highest BCUT2D eigenvalue weighted by atomic mass is 16.5. The minimum Gasteiger partial charge on any atom is -0.462 e. The summed E-state index contributed by atoms with van der Waals surface area (Å²) < 4.78 is 4.74. The second kappa shape index (κ2) is 7.21. The number of rotatable bonds is 3. The van der Waals surface area contributed by atoms with Gasteiger partial charge in [0.05, 0.1) is 6.61 Å². The lowest BCUT2D eigenvalue weighted by Gasteiger charge is -1.99. The van der Waals surface area contributed by atoms with Crippen molar-refractivity contribution in [3.63, 3.8) is 0 Å². The van der Waals surface area contributed by atoms with Crippen molar-refractivity contribution in [2.24, 2.45) is 0 Å². The Kier molecular flexibility index (Phi) is 6.25. The molecular weight excluding hydrogens is 206 g/mol. The van der Waals surface area contributed by atoms with Crippen molar-refractivity contribution in [1.29, 1.82) is 5.26 Å². The van der Waals surface area contributed by atoms with Gasteiger partial charge in [-0.25, -0.2) is 4.79 Å². The second-order valence-corrected chi connectivity index (χ2v) is 2.80. The van der Waals surface area contributed by atoms with Crippen LogP contribution in [0.1, 0.15) is 12.5 Å². The van der Waals surface area contributed by atoms with E-state index >= 15 is 0 Å². The maximum absolute atomic E-state index is 11.3. The largest absolute Gasteiger partial charge is 0.462 e. The van der Waals surface area contributed by atoms with Crippen molar-refractivity contribution in [2.45, 2.75) is 6.92 Å². The molecule has 0 radical (unpaired) electrons. The van der Waals surface area contributed by atoms with E-state index in [9.17, 15) is 4.79 Å². The molecule has 0 heterocycles. The van der Waals surface area contributed by atoms with Crippen LogP contribution >= 0.6 is 0 Å². The third kappa shape index (κ3) is 3.95. The lowest BCUT2D eigenvalue weighted by molar-refractivity contribution is -0.137. The van der Waals surface area contributed by atoms with Gasteiger partial charge in [0.2, 0.25) is 0 Å². The van der Waals surface area contributed by atoms with Crippen LogP contribution in [0, 0.1) is 11.3 Å². The van der Waals surface area contributed by atoms with Gasteiger partial charge in [-0.05, 0) is 18.6 Å². The van der Waals surface area contributed by atoms with E-state index in [1.807, 2.05) is 36.4 Å². The molecule has 0 aliphatic carbocycles. The number of carbonyl (C=O) groups excluding carboxylic acids is 1. The molecule has 0 saturated carbocycles. The average molecular weight is 219 g/mol. The molecule has 1 aromatic rings. The number of benzene rings is 1. The van der Waals surface area contributed by atoms with E-state index < -0.39 is 5.97 Å². The molecule has 2 N–H and O–H groups in total. The molecule has 0 aliphatic rings. The molecule has 0 spiro atoms. The summed E-state index contributed by atoms with van der Waals surface area (Å²) in [5.41, 5.74) is 0.824. The molecule has 4 nitrogen and oxygen atoms in total. The second-order valence-electron chi connectivity index (χ2n) is 2.80. The first-order chi connectivity index (χ1) is 7.27. The molecule has 1 rings (SSSR count). The predicted octanol–water partition coefficient (Wildman–Crippen LogP) is 1.33.